The van der Waals surface area contributed by atoms with E-state index in [9.17, 15) is 0 Å². The molecule has 0 aliphatic rings. The third-order valence-electron chi connectivity index (χ3n) is 4.32. The van der Waals surface area contributed by atoms with Crippen LogP contribution in [-0.4, -0.2) is 19.9 Å². The van der Waals surface area contributed by atoms with Gasteiger partial charge in [0.05, 0.1) is 5.39 Å². The lowest BCUT2D eigenvalue weighted by molar-refractivity contribution is 1.09. The minimum absolute atomic E-state index is 0.524. The van der Waals surface area contributed by atoms with Crippen molar-refractivity contribution >= 4 is 33.2 Å². The third-order valence-corrected chi connectivity index (χ3v) is 5.42. The third kappa shape index (κ3) is 2.97. The molecule has 4 heterocycles. The number of hydrogen-bond acceptors (Lipinski definition) is 7. The monoisotopic (exact) mass is 362 g/mol. The topological polar surface area (TPSA) is 89.6 Å². The van der Waals surface area contributed by atoms with Crippen LogP contribution < -0.4 is 11.1 Å². The molecule has 0 bridgehead atoms. The van der Waals surface area contributed by atoms with Gasteiger partial charge in [-0.25, -0.2) is 15.0 Å². The van der Waals surface area contributed by atoms with Gasteiger partial charge in [-0.15, -0.1) is 11.3 Å². The molecule has 0 aliphatic carbocycles. The number of aromatic nitrogens is 4. The smallest absolute Gasteiger partial charge is 0.164 e. The maximum atomic E-state index is 5.96. The summed E-state index contributed by atoms with van der Waals surface area (Å²) in [7, 11) is 0. The summed E-state index contributed by atoms with van der Waals surface area (Å²) < 4.78 is 0. The average Bonchev–Trinajstić information content (AvgIpc) is 2.95. The van der Waals surface area contributed by atoms with E-state index >= 15 is 0 Å². The molecule has 0 unspecified atom stereocenters. The van der Waals surface area contributed by atoms with Gasteiger partial charge in [0.1, 0.15) is 16.5 Å². The van der Waals surface area contributed by atoms with Gasteiger partial charge in [0.15, 0.2) is 5.82 Å². The van der Waals surface area contributed by atoms with Gasteiger partial charge in [0, 0.05) is 41.1 Å². The van der Waals surface area contributed by atoms with Crippen LogP contribution in [0.1, 0.15) is 16.0 Å². The van der Waals surface area contributed by atoms with E-state index < -0.39 is 0 Å². The average molecular weight is 362 g/mol. The van der Waals surface area contributed by atoms with Crippen molar-refractivity contribution in [2.45, 2.75) is 20.4 Å². The number of fused-ring (bicyclic) bond motifs is 1. The van der Waals surface area contributed by atoms with Crippen LogP contribution in [0.4, 0.5) is 11.6 Å². The number of nitrogens with one attached hydrogen (secondary N) is 1. The second kappa shape index (κ2) is 6.68. The van der Waals surface area contributed by atoms with Gasteiger partial charge in [-0.2, -0.15) is 0 Å². The highest BCUT2D eigenvalue weighted by molar-refractivity contribution is 7.18. The number of anilines is 2. The van der Waals surface area contributed by atoms with Crippen molar-refractivity contribution in [3.63, 3.8) is 0 Å². The number of nitrogens with two attached hydrogens (primary N) is 1. The van der Waals surface area contributed by atoms with E-state index in [0.29, 0.717) is 18.2 Å². The molecule has 0 radical (unpaired) electrons. The summed E-state index contributed by atoms with van der Waals surface area (Å²) in [6, 6.07) is 7.69. The zero-order valence-corrected chi connectivity index (χ0v) is 15.3. The Labute approximate surface area is 155 Å². The Bertz CT molecular complexity index is 1070. The van der Waals surface area contributed by atoms with Crippen molar-refractivity contribution in [2.24, 2.45) is 0 Å². The summed E-state index contributed by atoms with van der Waals surface area (Å²) in [5, 5.41) is 4.48. The fourth-order valence-electron chi connectivity index (χ4n) is 2.78. The van der Waals surface area contributed by atoms with E-state index in [-0.39, 0.29) is 0 Å². The molecule has 7 heteroatoms. The van der Waals surface area contributed by atoms with Crippen LogP contribution in [0.3, 0.4) is 0 Å². The lowest BCUT2D eigenvalue weighted by atomic mass is 10.2. The highest BCUT2D eigenvalue weighted by atomic mass is 32.1. The molecule has 4 rings (SSSR count). The molecule has 6 nitrogen and oxygen atoms in total. The second-order valence-corrected chi connectivity index (χ2v) is 7.21. The summed E-state index contributed by atoms with van der Waals surface area (Å²) >= 11 is 1.68. The van der Waals surface area contributed by atoms with Crippen LogP contribution in [0.2, 0.25) is 0 Å². The first-order valence-corrected chi connectivity index (χ1v) is 9.06. The molecule has 4 aromatic rings. The first-order valence-electron chi connectivity index (χ1n) is 8.25. The van der Waals surface area contributed by atoms with Gasteiger partial charge < -0.3 is 11.1 Å². The van der Waals surface area contributed by atoms with Gasteiger partial charge in [-0.1, -0.05) is 6.07 Å². The Balaban J connectivity index is 1.80. The maximum absolute atomic E-state index is 5.96. The predicted molar refractivity (Wildman–Crippen MR) is 106 cm³/mol. The van der Waals surface area contributed by atoms with Crippen LogP contribution in [0.25, 0.3) is 21.6 Å². The summed E-state index contributed by atoms with van der Waals surface area (Å²) in [5.74, 6) is 1.99. The van der Waals surface area contributed by atoms with Crippen molar-refractivity contribution in [2.75, 3.05) is 11.1 Å². The van der Waals surface area contributed by atoms with Crippen LogP contribution in [-0.2, 0) is 6.54 Å². The highest BCUT2D eigenvalue weighted by Gasteiger charge is 2.15. The Morgan fingerprint density at radius 3 is 2.73 bits per heavy atom. The Kier molecular flexibility index (Phi) is 4.22. The van der Waals surface area contributed by atoms with E-state index in [0.717, 1.165) is 27.2 Å². The van der Waals surface area contributed by atoms with Gasteiger partial charge >= 0.3 is 0 Å². The summed E-state index contributed by atoms with van der Waals surface area (Å²) in [5.41, 5.74) is 8.99. The SMILES string of the molecule is Cc1sc2nc(-c3cccnc3)nc(NCc3cccnc3N)c2c1C. The number of nitrogens with zero attached hydrogens (tertiary/aromatic N) is 4. The molecule has 130 valence electrons. The van der Waals surface area contributed by atoms with Crippen molar-refractivity contribution in [1.82, 2.24) is 19.9 Å². The van der Waals surface area contributed by atoms with Crippen molar-refractivity contribution < 1.29 is 0 Å². The molecule has 0 saturated heterocycles. The number of nitrogen functional groups attached to an aromatic ring is 1. The van der Waals surface area contributed by atoms with Crippen molar-refractivity contribution in [1.29, 1.82) is 0 Å². The molecule has 0 saturated carbocycles. The molecule has 0 atom stereocenters. The number of hydrogen-bond donors (Lipinski definition) is 2. The maximum Gasteiger partial charge on any atom is 0.164 e. The molecule has 0 spiro atoms. The van der Waals surface area contributed by atoms with Gasteiger partial charge in [0.2, 0.25) is 0 Å². The molecule has 0 aliphatic heterocycles. The number of rotatable bonds is 4. The molecule has 3 N–H and O–H groups in total. The zero-order valence-electron chi connectivity index (χ0n) is 14.5. The second-order valence-electron chi connectivity index (χ2n) is 6.00. The predicted octanol–water partition coefficient (Wildman–Crippen LogP) is 3.96. The standard InChI is InChI=1S/C19H18N6S/c1-11-12(2)26-19-15(11)18(23-10-13-5-4-8-22-16(13)20)24-17(25-19)14-6-3-7-21-9-14/h3-9H,10H2,1-2H3,(H2,20,22)(H,23,24,25). The Morgan fingerprint density at radius 2 is 1.96 bits per heavy atom. The van der Waals surface area contributed by atoms with Gasteiger partial charge in [0.25, 0.3) is 0 Å². The number of aryl methyl sites for hydroxylation is 2. The van der Waals surface area contributed by atoms with Gasteiger partial charge in [-0.3, -0.25) is 4.98 Å². The van der Waals surface area contributed by atoms with Gasteiger partial charge in [-0.05, 0) is 37.6 Å². The lowest BCUT2D eigenvalue weighted by Crippen LogP contribution is -2.07. The van der Waals surface area contributed by atoms with Crippen molar-refractivity contribution in [3.05, 3.63) is 58.9 Å². The van der Waals surface area contributed by atoms with E-state index in [1.165, 1.54) is 10.4 Å². The largest absolute Gasteiger partial charge is 0.383 e. The normalized spacial score (nSPS) is 11.0. The first-order chi connectivity index (χ1) is 12.6. The minimum atomic E-state index is 0.524. The van der Waals surface area contributed by atoms with E-state index in [1.807, 2.05) is 24.3 Å². The van der Waals surface area contributed by atoms with Crippen LogP contribution >= 0.6 is 11.3 Å². The quantitative estimate of drug-likeness (QED) is 0.571. The van der Waals surface area contributed by atoms with Crippen LogP contribution in [0, 0.1) is 13.8 Å². The number of pyridine rings is 2. The molecule has 0 aromatic carbocycles. The zero-order chi connectivity index (χ0) is 18.1. The van der Waals surface area contributed by atoms with Crippen LogP contribution in [0.5, 0.6) is 0 Å². The minimum Gasteiger partial charge on any atom is -0.383 e. The first kappa shape index (κ1) is 16.4. The highest BCUT2D eigenvalue weighted by Crippen LogP contribution is 2.35. The summed E-state index contributed by atoms with van der Waals surface area (Å²) in [6.45, 7) is 4.76. The Morgan fingerprint density at radius 1 is 1.12 bits per heavy atom. The Hall–Kier alpha value is -3.06. The molecule has 26 heavy (non-hydrogen) atoms. The molecular weight excluding hydrogens is 344 g/mol. The molecular formula is C19H18N6S. The summed E-state index contributed by atoms with van der Waals surface area (Å²) in [6.07, 6.45) is 5.21. The molecule has 4 aromatic heterocycles. The molecule has 0 amide bonds. The molecule has 0 fully saturated rings. The van der Waals surface area contributed by atoms with Crippen LogP contribution in [0.15, 0.2) is 42.9 Å². The summed E-state index contributed by atoms with van der Waals surface area (Å²) in [4.78, 5) is 20.0. The van der Waals surface area contributed by atoms with E-state index in [2.05, 4.69) is 29.1 Å². The fourth-order valence-corrected chi connectivity index (χ4v) is 3.81. The van der Waals surface area contributed by atoms with Crippen molar-refractivity contribution in [3.8, 4) is 11.4 Å². The fraction of sp³-hybridized carbons (Fsp3) is 0.158. The number of thiophene rings is 1. The van der Waals surface area contributed by atoms with E-state index in [4.69, 9.17) is 15.7 Å². The van der Waals surface area contributed by atoms with E-state index in [1.54, 1.807) is 29.9 Å². The lowest BCUT2D eigenvalue weighted by Gasteiger charge is -2.11.